The highest BCUT2D eigenvalue weighted by Gasteiger charge is 2.43. The molecule has 0 spiro atoms. The second-order valence-corrected chi connectivity index (χ2v) is 11.3. The summed E-state index contributed by atoms with van der Waals surface area (Å²) in [5.74, 6) is 0.193. The fourth-order valence-corrected chi connectivity index (χ4v) is 6.58. The van der Waals surface area contributed by atoms with Gasteiger partial charge in [0.15, 0.2) is 0 Å². The average molecular weight is 531 g/mol. The van der Waals surface area contributed by atoms with Crippen LogP contribution in [0.5, 0.6) is 11.5 Å². The highest BCUT2D eigenvalue weighted by Crippen LogP contribution is 2.33. The van der Waals surface area contributed by atoms with Gasteiger partial charge in [-0.2, -0.15) is 17.5 Å². The first-order chi connectivity index (χ1) is 16.0. The number of thiophene rings is 1. The van der Waals surface area contributed by atoms with Gasteiger partial charge in [0, 0.05) is 13.1 Å². The molecule has 1 atom stereocenters. The van der Waals surface area contributed by atoms with Crippen molar-refractivity contribution in [3.05, 3.63) is 76.1 Å². The van der Waals surface area contributed by atoms with E-state index in [4.69, 9.17) is 16.3 Å². The molecule has 1 N–H and O–H groups in total. The molecule has 2 heterocycles. The zero-order valence-electron chi connectivity index (χ0n) is 17.4. The summed E-state index contributed by atoms with van der Waals surface area (Å²) in [7, 11) is -3.80. The molecule has 1 aliphatic rings. The number of nitrogens with one attached hydrogen (secondary N) is 1. The van der Waals surface area contributed by atoms with Crippen molar-refractivity contribution < 1.29 is 31.1 Å². The second kappa shape index (κ2) is 9.57. The standard InChI is InChI=1S/C22H18ClF3N2O4S2/c23-19-8-9-20(33-19)34(30,31)28-11-10-18(28)21(29)27-13-14-2-1-3-17(12-14)32-16-6-4-15(5-7-16)22(24,25)26/h1-9,12,18H,10-11,13H2,(H,27,29)/t18-/m0/s1. The summed E-state index contributed by atoms with van der Waals surface area (Å²) in [5, 5.41) is 2.73. The molecule has 0 aliphatic carbocycles. The van der Waals surface area contributed by atoms with Crippen molar-refractivity contribution in [2.24, 2.45) is 0 Å². The fourth-order valence-electron chi connectivity index (χ4n) is 3.34. The normalized spacial score (nSPS) is 16.6. The van der Waals surface area contributed by atoms with Crippen molar-refractivity contribution in [3.63, 3.8) is 0 Å². The maximum absolute atomic E-state index is 12.7. The van der Waals surface area contributed by atoms with Gasteiger partial charge in [0.2, 0.25) is 5.91 Å². The van der Waals surface area contributed by atoms with Gasteiger partial charge in [-0.1, -0.05) is 23.7 Å². The molecule has 0 bridgehead atoms. The van der Waals surface area contributed by atoms with Gasteiger partial charge in [-0.05, 0) is 60.5 Å². The first kappa shape index (κ1) is 24.5. The Bertz CT molecular complexity index is 1290. The summed E-state index contributed by atoms with van der Waals surface area (Å²) in [4.78, 5) is 12.6. The number of hydrogen-bond donors (Lipinski definition) is 1. The van der Waals surface area contributed by atoms with E-state index in [-0.39, 0.29) is 23.0 Å². The summed E-state index contributed by atoms with van der Waals surface area (Å²) in [6.45, 7) is 0.366. The molecule has 1 fully saturated rings. The monoisotopic (exact) mass is 530 g/mol. The van der Waals surface area contributed by atoms with Crippen LogP contribution in [0.25, 0.3) is 0 Å². The third kappa shape index (κ3) is 5.38. The fraction of sp³-hybridized carbons (Fsp3) is 0.227. The van der Waals surface area contributed by atoms with Crippen molar-refractivity contribution in [1.82, 2.24) is 9.62 Å². The van der Waals surface area contributed by atoms with Crippen molar-refractivity contribution in [1.29, 1.82) is 0 Å². The van der Waals surface area contributed by atoms with E-state index in [1.807, 2.05) is 0 Å². The number of halogens is 4. The lowest BCUT2D eigenvalue weighted by Crippen LogP contribution is -2.57. The minimum absolute atomic E-state index is 0.0862. The van der Waals surface area contributed by atoms with Crippen molar-refractivity contribution >= 4 is 38.9 Å². The smallest absolute Gasteiger partial charge is 0.416 e. The molecule has 0 radical (unpaired) electrons. The SMILES string of the molecule is O=C(NCc1cccc(Oc2ccc(C(F)(F)F)cc2)c1)[C@@H]1CCN1S(=O)(=O)c1ccc(Cl)s1. The van der Waals surface area contributed by atoms with Gasteiger partial charge >= 0.3 is 6.18 Å². The summed E-state index contributed by atoms with van der Waals surface area (Å²) in [6, 6.07) is 13.1. The molecule has 6 nitrogen and oxygen atoms in total. The predicted octanol–water partition coefficient (Wildman–Crippen LogP) is 5.29. The molecule has 4 rings (SSSR count). The molecular weight excluding hydrogens is 513 g/mol. The first-order valence-corrected chi connectivity index (χ1v) is 12.7. The molecule has 34 heavy (non-hydrogen) atoms. The molecule has 1 aromatic heterocycles. The average Bonchev–Trinajstić information content (AvgIpc) is 3.18. The highest BCUT2D eigenvalue weighted by molar-refractivity contribution is 7.91. The van der Waals surface area contributed by atoms with Gasteiger partial charge < -0.3 is 10.1 Å². The van der Waals surface area contributed by atoms with E-state index in [9.17, 15) is 26.4 Å². The number of hydrogen-bond acceptors (Lipinski definition) is 5. The summed E-state index contributed by atoms with van der Waals surface area (Å²) < 4.78 is 70.7. The minimum atomic E-state index is -4.43. The van der Waals surface area contributed by atoms with Crippen LogP contribution in [0.4, 0.5) is 13.2 Å². The largest absolute Gasteiger partial charge is 0.457 e. The number of benzene rings is 2. The number of nitrogens with zero attached hydrogens (tertiary/aromatic N) is 1. The Hall–Kier alpha value is -2.60. The van der Waals surface area contributed by atoms with Crippen molar-refractivity contribution in [2.45, 2.75) is 29.4 Å². The molecule has 1 amide bonds. The molecule has 0 saturated carbocycles. The zero-order chi connectivity index (χ0) is 24.5. The van der Waals surface area contributed by atoms with Gasteiger partial charge in [0.05, 0.1) is 9.90 Å². The lowest BCUT2D eigenvalue weighted by Gasteiger charge is -2.37. The van der Waals surface area contributed by atoms with Crippen molar-refractivity contribution in [2.75, 3.05) is 6.54 Å². The van der Waals surface area contributed by atoms with Crippen LogP contribution in [0.15, 0.2) is 64.9 Å². The van der Waals surface area contributed by atoms with Gasteiger partial charge in [0.25, 0.3) is 10.0 Å². The molecular formula is C22H18ClF3N2O4S2. The van der Waals surface area contributed by atoms with Crippen LogP contribution >= 0.6 is 22.9 Å². The number of carbonyl (C=O) groups is 1. The maximum atomic E-state index is 12.7. The Kier molecular flexibility index (Phi) is 6.90. The number of carbonyl (C=O) groups excluding carboxylic acids is 1. The molecule has 12 heteroatoms. The number of amides is 1. The van der Waals surface area contributed by atoms with E-state index >= 15 is 0 Å². The second-order valence-electron chi connectivity index (χ2n) is 7.47. The summed E-state index contributed by atoms with van der Waals surface area (Å²) in [5.41, 5.74) is -0.0953. The topological polar surface area (TPSA) is 75.7 Å². The minimum Gasteiger partial charge on any atom is -0.457 e. The van der Waals surface area contributed by atoms with E-state index in [1.54, 1.807) is 24.3 Å². The lowest BCUT2D eigenvalue weighted by atomic mass is 10.1. The Morgan fingerprint density at radius 3 is 2.44 bits per heavy atom. The third-order valence-electron chi connectivity index (χ3n) is 5.17. The summed E-state index contributed by atoms with van der Waals surface area (Å²) in [6.07, 6.45) is -4.02. The van der Waals surface area contributed by atoms with Crippen molar-refractivity contribution in [3.8, 4) is 11.5 Å². The van der Waals surface area contributed by atoms with Gasteiger partial charge in [-0.3, -0.25) is 4.79 Å². The van der Waals surface area contributed by atoms with E-state index in [0.717, 1.165) is 27.8 Å². The molecule has 2 aromatic carbocycles. The Labute approximate surface area is 203 Å². The van der Waals surface area contributed by atoms with Crippen LogP contribution in [0, 0.1) is 0 Å². The van der Waals surface area contributed by atoms with Crippen LogP contribution in [-0.2, 0) is 27.5 Å². The van der Waals surface area contributed by atoms with Gasteiger partial charge in [0.1, 0.15) is 21.8 Å². The maximum Gasteiger partial charge on any atom is 0.416 e. The highest BCUT2D eigenvalue weighted by atomic mass is 35.5. The lowest BCUT2D eigenvalue weighted by molar-refractivity contribution is -0.137. The van der Waals surface area contributed by atoms with Crippen LogP contribution < -0.4 is 10.1 Å². The van der Waals surface area contributed by atoms with Crippen LogP contribution in [0.3, 0.4) is 0 Å². The quantitative estimate of drug-likeness (QED) is 0.450. The van der Waals surface area contributed by atoms with E-state index in [1.165, 1.54) is 24.3 Å². The molecule has 0 unspecified atom stereocenters. The van der Waals surface area contributed by atoms with Crippen LogP contribution in [0.1, 0.15) is 17.5 Å². The molecule has 3 aromatic rings. The Morgan fingerprint density at radius 2 is 1.85 bits per heavy atom. The molecule has 1 aliphatic heterocycles. The van der Waals surface area contributed by atoms with E-state index in [0.29, 0.717) is 22.1 Å². The van der Waals surface area contributed by atoms with Gasteiger partial charge in [-0.15, -0.1) is 11.3 Å². The Balaban J connectivity index is 1.36. The molecule has 1 saturated heterocycles. The van der Waals surface area contributed by atoms with E-state index < -0.39 is 33.7 Å². The number of rotatable bonds is 7. The Morgan fingerprint density at radius 1 is 1.12 bits per heavy atom. The van der Waals surface area contributed by atoms with Crippen LogP contribution in [0.2, 0.25) is 4.34 Å². The number of ether oxygens (including phenoxy) is 1. The van der Waals surface area contributed by atoms with E-state index in [2.05, 4.69) is 5.32 Å². The van der Waals surface area contributed by atoms with Crippen LogP contribution in [-0.4, -0.2) is 31.2 Å². The first-order valence-electron chi connectivity index (χ1n) is 10.0. The third-order valence-corrected chi connectivity index (χ3v) is 8.77. The van der Waals surface area contributed by atoms with Gasteiger partial charge in [-0.25, -0.2) is 8.42 Å². The number of alkyl halides is 3. The zero-order valence-corrected chi connectivity index (χ0v) is 19.8. The predicted molar refractivity (Wildman–Crippen MR) is 121 cm³/mol. The summed E-state index contributed by atoms with van der Waals surface area (Å²) >= 11 is 6.77. The molecule has 180 valence electrons. The number of sulfonamides is 1.